The lowest BCUT2D eigenvalue weighted by Gasteiger charge is -2.28. The van der Waals surface area contributed by atoms with Crippen LogP contribution >= 0.6 is 0 Å². The van der Waals surface area contributed by atoms with Crippen molar-refractivity contribution in [3.8, 4) is 0 Å². The smallest absolute Gasteiger partial charge is 0.00381 e. The lowest BCUT2D eigenvalue weighted by Crippen LogP contribution is -2.19. The van der Waals surface area contributed by atoms with Gasteiger partial charge in [-0.05, 0) is 38.8 Å². The van der Waals surface area contributed by atoms with Crippen molar-refractivity contribution in [2.75, 3.05) is 0 Å². The molecule has 1 heteroatoms. The van der Waals surface area contributed by atoms with Crippen LogP contribution in [0.25, 0.3) is 0 Å². The number of hydrogen-bond donors (Lipinski definition) is 1. The summed E-state index contributed by atoms with van der Waals surface area (Å²) in [5.74, 6) is 0.886. The van der Waals surface area contributed by atoms with Gasteiger partial charge in [0.1, 0.15) is 0 Å². The van der Waals surface area contributed by atoms with Gasteiger partial charge in [-0.1, -0.05) is 31.1 Å². The van der Waals surface area contributed by atoms with E-state index in [0.717, 1.165) is 12.8 Å². The second-order valence-electron chi connectivity index (χ2n) is 3.70. The maximum Gasteiger partial charge on any atom is 0.00381 e. The Morgan fingerprint density at radius 3 is 1.93 bits per heavy atom. The average Bonchev–Trinajstić information content (AvgIpc) is 2.24. The van der Waals surface area contributed by atoms with Crippen molar-refractivity contribution >= 4 is 6.21 Å². The minimum atomic E-state index is 0.395. The summed E-state index contributed by atoms with van der Waals surface area (Å²) in [5, 5.41) is 7.29. The van der Waals surface area contributed by atoms with Crippen molar-refractivity contribution < 1.29 is 0 Å². The van der Waals surface area contributed by atoms with Crippen LogP contribution in [0.5, 0.6) is 0 Å². The summed E-state index contributed by atoms with van der Waals surface area (Å²) in [5.41, 5.74) is 2.94. The highest BCUT2D eigenvalue weighted by atomic mass is 14.4. The summed E-state index contributed by atoms with van der Waals surface area (Å²) in [4.78, 5) is 0. The van der Waals surface area contributed by atoms with E-state index in [2.05, 4.69) is 20.4 Å². The summed E-state index contributed by atoms with van der Waals surface area (Å²) < 4.78 is 0. The molecule has 0 bridgehead atoms. The molecule has 0 aliphatic heterocycles. The zero-order valence-corrected chi connectivity index (χ0v) is 9.93. The minimum absolute atomic E-state index is 0.395. The molecule has 0 aromatic rings. The van der Waals surface area contributed by atoms with E-state index in [1.54, 1.807) is 6.21 Å². The molecule has 2 atom stereocenters. The molecule has 80 valence electrons. The largest absolute Gasteiger partial charge is 0.313 e. The summed E-state index contributed by atoms with van der Waals surface area (Å²) in [6, 6.07) is 0. The van der Waals surface area contributed by atoms with E-state index in [0.29, 0.717) is 11.8 Å². The first-order valence-electron chi connectivity index (χ1n) is 5.47. The van der Waals surface area contributed by atoms with Gasteiger partial charge in [0.05, 0.1) is 0 Å². The topological polar surface area (TPSA) is 23.9 Å². The molecule has 1 nitrogen and oxygen atoms in total. The molecule has 2 unspecified atom stereocenters. The van der Waals surface area contributed by atoms with Crippen LogP contribution in [-0.4, -0.2) is 6.21 Å². The van der Waals surface area contributed by atoms with Crippen LogP contribution in [0.3, 0.4) is 0 Å². The molecular formula is C13H23N. The lowest BCUT2D eigenvalue weighted by molar-refractivity contribution is 0.469. The van der Waals surface area contributed by atoms with Crippen molar-refractivity contribution in [1.29, 1.82) is 5.41 Å². The average molecular weight is 193 g/mol. The molecule has 1 rings (SSSR count). The van der Waals surface area contributed by atoms with Crippen LogP contribution in [0.4, 0.5) is 0 Å². The predicted molar refractivity (Wildman–Crippen MR) is 64.9 cm³/mol. The SMILES string of the molecule is C=CC1CC(C)=C(C)CC1C=N.CC. The third kappa shape index (κ3) is 3.13. The van der Waals surface area contributed by atoms with Gasteiger partial charge in [0.15, 0.2) is 0 Å². The Bertz CT molecular complexity index is 201. The molecule has 0 heterocycles. The van der Waals surface area contributed by atoms with Crippen LogP contribution in [0, 0.1) is 17.2 Å². The van der Waals surface area contributed by atoms with Gasteiger partial charge < -0.3 is 5.41 Å². The number of nitrogens with one attached hydrogen (secondary N) is 1. The first-order valence-corrected chi connectivity index (χ1v) is 5.47. The Hall–Kier alpha value is -0.850. The Morgan fingerprint density at radius 2 is 1.57 bits per heavy atom. The van der Waals surface area contributed by atoms with E-state index in [1.807, 2.05) is 19.9 Å². The summed E-state index contributed by atoms with van der Waals surface area (Å²) in [6.45, 7) is 12.2. The van der Waals surface area contributed by atoms with Gasteiger partial charge in [-0.25, -0.2) is 0 Å². The Labute approximate surface area is 88.4 Å². The van der Waals surface area contributed by atoms with Crippen molar-refractivity contribution in [2.45, 2.75) is 40.5 Å². The Balaban J connectivity index is 0.000000791. The number of allylic oxidation sites excluding steroid dienone is 3. The fourth-order valence-corrected chi connectivity index (χ4v) is 1.80. The molecule has 0 radical (unpaired) electrons. The van der Waals surface area contributed by atoms with Crippen LogP contribution in [0.1, 0.15) is 40.5 Å². The number of hydrogen-bond acceptors (Lipinski definition) is 1. The summed E-state index contributed by atoms with van der Waals surface area (Å²) >= 11 is 0. The molecular weight excluding hydrogens is 170 g/mol. The third-order valence-corrected chi connectivity index (χ3v) is 2.88. The highest BCUT2D eigenvalue weighted by Gasteiger charge is 2.22. The van der Waals surface area contributed by atoms with Crippen LogP contribution < -0.4 is 0 Å². The first-order chi connectivity index (χ1) is 6.69. The standard InChI is InChI=1S/C11H17N.C2H6/c1-4-10-5-8(2)9(3)6-11(10)7-12;1-2/h4,7,10-12H,1,5-6H2,2-3H3;1-2H3. The molecule has 1 aliphatic carbocycles. The quantitative estimate of drug-likeness (QED) is 0.502. The van der Waals surface area contributed by atoms with Crippen molar-refractivity contribution in [1.82, 2.24) is 0 Å². The Morgan fingerprint density at radius 1 is 1.14 bits per heavy atom. The van der Waals surface area contributed by atoms with E-state index < -0.39 is 0 Å². The molecule has 0 amide bonds. The second kappa shape index (κ2) is 6.58. The van der Waals surface area contributed by atoms with Crippen molar-refractivity contribution in [3.63, 3.8) is 0 Å². The molecule has 0 aromatic heterocycles. The molecule has 0 saturated carbocycles. The van der Waals surface area contributed by atoms with Gasteiger partial charge >= 0.3 is 0 Å². The summed E-state index contributed by atoms with van der Waals surface area (Å²) in [7, 11) is 0. The monoisotopic (exact) mass is 193 g/mol. The maximum atomic E-state index is 7.29. The highest BCUT2D eigenvalue weighted by Crippen LogP contribution is 2.33. The fourth-order valence-electron chi connectivity index (χ4n) is 1.80. The molecule has 1 N–H and O–H groups in total. The summed E-state index contributed by atoms with van der Waals surface area (Å²) in [6.07, 6.45) is 5.70. The molecule has 0 fully saturated rings. The van der Waals surface area contributed by atoms with Crippen molar-refractivity contribution in [2.24, 2.45) is 11.8 Å². The zero-order chi connectivity index (χ0) is 11.1. The van der Waals surface area contributed by atoms with Crippen LogP contribution in [-0.2, 0) is 0 Å². The van der Waals surface area contributed by atoms with E-state index in [9.17, 15) is 0 Å². The van der Waals surface area contributed by atoms with Gasteiger partial charge in [-0.2, -0.15) is 0 Å². The van der Waals surface area contributed by atoms with Crippen LogP contribution in [0.15, 0.2) is 23.8 Å². The molecule has 1 aliphatic rings. The van der Waals surface area contributed by atoms with Gasteiger partial charge in [0.2, 0.25) is 0 Å². The zero-order valence-electron chi connectivity index (χ0n) is 9.93. The molecule has 0 aromatic carbocycles. The molecule has 0 saturated heterocycles. The van der Waals surface area contributed by atoms with Crippen molar-refractivity contribution in [3.05, 3.63) is 23.8 Å². The second-order valence-corrected chi connectivity index (χ2v) is 3.70. The normalized spacial score (nSPS) is 26.3. The third-order valence-electron chi connectivity index (χ3n) is 2.88. The maximum absolute atomic E-state index is 7.29. The minimum Gasteiger partial charge on any atom is -0.313 e. The van der Waals surface area contributed by atoms with Gasteiger partial charge in [0, 0.05) is 5.92 Å². The van der Waals surface area contributed by atoms with E-state index >= 15 is 0 Å². The first kappa shape index (κ1) is 13.2. The van der Waals surface area contributed by atoms with Gasteiger partial charge in [-0.15, -0.1) is 6.58 Å². The molecule has 14 heavy (non-hydrogen) atoms. The van der Waals surface area contributed by atoms with Gasteiger partial charge in [0.25, 0.3) is 0 Å². The predicted octanol–water partition coefficient (Wildman–Crippen LogP) is 4.21. The number of rotatable bonds is 2. The van der Waals surface area contributed by atoms with Gasteiger partial charge in [-0.3, -0.25) is 0 Å². The van der Waals surface area contributed by atoms with E-state index in [4.69, 9.17) is 5.41 Å². The molecule has 0 spiro atoms. The lowest BCUT2D eigenvalue weighted by atomic mass is 9.77. The van der Waals surface area contributed by atoms with E-state index in [1.165, 1.54) is 11.1 Å². The van der Waals surface area contributed by atoms with E-state index in [-0.39, 0.29) is 0 Å². The fraction of sp³-hybridized carbons (Fsp3) is 0.615. The highest BCUT2D eigenvalue weighted by molar-refractivity contribution is 5.59. The Kier molecular flexibility index (Phi) is 6.18. The van der Waals surface area contributed by atoms with Crippen LogP contribution in [0.2, 0.25) is 0 Å².